The van der Waals surface area contributed by atoms with Crippen molar-refractivity contribution in [3.63, 3.8) is 0 Å². The zero-order chi connectivity index (χ0) is 25.5. The van der Waals surface area contributed by atoms with Crippen LogP contribution in [0.4, 0.5) is 11.4 Å². The number of esters is 1. The molecule has 0 atom stereocenters. The van der Waals surface area contributed by atoms with E-state index in [4.69, 9.17) is 8.87 Å². The lowest BCUT2D eigenvalue weighted by Gasteiger charge is -2.25. The van der Waals surface area contributed by atoms with E-state index >= 15 is 0 Å². The van der Waals surface area contributed by atoms with Crippen LogP contribution in [-0.2, 0) is 19.3 Å². The summed E-state index contributed by atoms with van der Waals surface area (Å²) in [6, 6.07) is 23.6. The third-order valence-electron chi connectivity index (χ3n) is 4.66. The minimum atomic E-state index is -3.26. The Hall–Kier alpha value is -3.62. The van der Waals surface area contributed by atoms with Crippen LogP contribution in [0.1, 0.15) is 6.92 Å². The summed E-state index contributed by atoms with van der Waals surface area (Å²) in [4.78, 5) is 23.8. The molecular weight excluding hydrogens is 487 g/mol. The average molecular weight is 513 g/mol. The second-order valence-corrected chi connectivity index (χ2v) is 13.3. The van der Waals surface area contributed by atoms with E-state index in [1.807, 2.05) is 60.7 Å². The molecule has 0 saturated heterocycles. The van der Waals surface area contributed by atoms with Gasteiger partial charge in [-0.05, 0) is 19.1 Å². The van der Waals surface area contributed by atoms with Gasteiger partial charge in [-0.25, -0.2) is 8.93 Å². The summed E-state index contributed by atoms with van der Waals surface area (Å²) >= 11 is 0. The highest BCUT2D eigenvalue weighted by Crippen LogP contribution is 2.50. The van der Waals surface area contributed by atoms with Gasteiger partial charge in [0.2, 0.25) is 0 Å². The van der Waals surface area contributed by atoms with Gasteiger partial charge in [0, 0.05) is 45.0 Å². The van der Waals surface area contributed by atoms with Gasteiger partial charge in [0.05, 0.1) is 24.3 Å². The molecule has 0 N–H and O–H groups in total. The maximum absolute atomic E-state index is 13.4. The molecule has 3 aromatic rings. The van der Waals surface area contributed by atoms with Gasteiger partial charge in [-0.2, -0.15) is 5.11 Å². The van der Waals surface area contributed by atoms with Gasteiger partial charge in [-0.1, -0.05) is 60.7 Å². The summed E-state index contributed by atoms with van der Waals surface area (Å²) in [6.07, 6.45) is 3.01. The molecular formula is C24H25N4O5PS. The first-order chi connectivity index (χ1) is 16.7. The van der Waals surface area contributed by atoms with Crippen molar-refractivity contribution in [2.45, 2.75) is 6.92 Å². The highest BCUT2D eigenvalue weighted by Gasteiger charge is 2.34. The predicted molar refractivity (Wildman–Crippen MR) is 141 cm³/mol. The molecule has 3 rings (SSSR count). The van der Waals surface area contributed by atoms with Crippen molar-refractivity contribution in [1.29, 1.82) is 0 Å². The number of benzene rings is 3. The van der Waals surface area contributed by atoms with E-state index in [-0.39, 0.29) is 17.7 Å². The van der Waals surface area contributed by atoms with Gasteiger partial charge >= 0.3 is 5.97 Å². The molecule has 0 spiro atoms. The summed E-state index contributed by atoms with van der Waals surface area (Å²) in [5.41, 5.74) is 0.123. The minimum Gasteiger partial charge on any atom is -0.461 e. The van der Waals surface area contributed by atoms with Gasteiger partial charge in [0.15, 0.2) is 5.42 Å². The first kappa shape index (κ1) is 26.0. The van der Waals surface area contributed by atoms with E-state index < -0.39 is 27.7 Å². The second kappa shape index (κ2) is 11.2. The highest BCUT2D eigenvalue weighted by molar-refractivity contribution is 8.01. The first-order valence-electron chi connectivity index (χ1n) is 10.6. The standard InChI is InChI=1S/C24H25N4O5PS/c1-4-33-24(29)23(26-25-19-15-17-20(18-16-19)28(30)31)34(27-35(2,3)32,21-11-7-5-8-12-21)22-13-9-6-10-14-22/h5-18H,4H2,1-3H3. The van der Waals surface area contributed by atoms with Crippen molar-refractivity contribution < 1.29 is 18.7 Å². The Kier molecular flexibility index (Phi) is 8.32. The Morgan fingerprint density at radius 2 is 1.46 bits per heavy atom. The molecule has 9 nitrogen and oxygen atoms in total. The largest absolute Gasteiger partial charge is 0.461 e. The number of carbonyl (C=O) groups excluding carboxylic acids is 1. The summed E-state index contributed by atoms with van der Waals surface area (Å²) < 4.78 is 23.3. The highest BCUT2D eigenvalue weighted by atomic mass is 32.2. The van der Waals surface area contributed by atoms with E-state index in [1.54, 1.807) is 6.92 Å². The van der Waals surface area contributed by atoms with Crippen LogP contribution in [0.15, 0.2) is 99.3 Å². The van der Waals surface area contributed by atoms with Crippen molar-refractivity contribution in [2.24, 2.45) is 14.4 Å². The SMILES string of the molecule is CCOC(=O)C(N=Nc1ccc([N+](=O)[O-])cc1)=P(N=S(C)(C)=O)(c1ccccc1)c1ccccc1. The van der Waals surface area contributed by atoms with Crippen LogP contribution in [0.5, 0.6) is 0 Å². The quantitative estimate of drug-likeness (QED) is 0.142. The van der Waals surface area contributed by atoms with E-state index in [0.717, 1.165) is 0 Å². The molecule has 0 aromatic heterocycles. The Labute approximate surface area is 204 Å². The third kappa shape index (κ3) is 6.29. The smallest absolute Gasteiger partial charge is 0.361 e. The monoisotopic (exact) mass is 512 g/mol. The van der Waals surface area contributed by atoms with Crippen LogP contribution in [-0.4, -0.2) is 39.6 Å². The zero-order valence-corrected chi connectivity index (χ0v) is 21.2. The van der Waals surface area contributed by atoms with Crippen LogP contribution in [0.3, 0.4) is 0 Å². The molecule has 0 amide bonds. The van der Waals surface area contributed by atoms with E-state index in [0.29, 0.717) is 16.3 Å². The molecule has 3 aromatic carbocycles. The molecule has 35 heavy (non-hydrogen) atoms. The van der Waals surface area contributed by atoms with Crippen molar-refractivity contribution in [3.05, 3.63) is 95.0 Å². The Balaban J connectivity index is 2.46. The number of hydrogen-bond donors (Lipinski definition) is 0. The van der Waals surface area contributed by atoms with E-state index in [1.165, 1.54) is 36.8 Å². The number of azo groups is 1. The van der Waals surface area contributed by atoms with E-state index in [2.05, 4.69) is 10.2 Å². The van der Waals surface area contributed by atoms with Crippen LogP contribution in [0.25, 0.3) is 0 Å². The lowest BCUT2D eigenvalue weighted by atomic mass is 10.3. The van der Waals surface area contributed by atoms with Crippen LogP contribution in [0.2, 0.25) is 0 Å². The number of non-ortho nitro benzene ring substituents is 1. The average Bonchev–Trinajstić information content (AvgIpc) is 2.84. The molecule has 0 aliphatic heterocycles. The fraction of sp³-hybridized carbons (Fsp3) is 0.167. The maximum atomic E-state index is 13.4. The normalized spacial score (nSPS) is 11.7. The number of ether oxygens (including phenoxy) is 1. The maximum Gasteiger partial charge on any atom is 0.361 e. The van der Waals surface area contributed by atoms with Crippen LogP contribution < -0.4 is 10.6 Å². The van der Waals surface area contributed by atoms with Gasteiger partial charge < -0.3 is 4.74 Å². The summed E-state index contributed by atoms with van der Waals surface area (Å²) in [5, 5.41) is 20.8. The Bertz CT molecular complexity index is 1360. The molecule has 0 aliphatic carbocycles. The lowest BCUT2D eigenvalue weighted by Crippen LogP contribution is -2.27. The minimum absolute atomic E-state index is 0.0773. The summed E-state index contributed by atoms with van der Waals surface area (Å²) in [7, 11) is -6.01. The summed E-state index contributed by atoms with van der Waals surface area (Å²) in [5.74, 6) is -0.730. The number of hydrogen-bond acceptors (Lipinski definition) is 7. The molecule has 11 heteroatoms. The second-order valence-electron chi connectivity index (χ2n) is 7.59. The fourth-order valence-electron chi connectivity index (χ4n) is 3.29. The predicted octanol–water partition coefficient (Wildman–Crippen LogP) is 4.68. The Morgan fingerprint density at radius 1 is 0.943 bits per heavy atom. The van der Waals surface area contributed by atoms with Gasteiger partial charge in [-0.3, -0.25) is 14.3 Å². The molecule has 0 fully saturated rings. The number of rotatable bonds is 8. The van der Waals surface area contributed by atoms with Gasteiger partial charge in [0.25, 0.3) is 5.69 Å². The topological polar surface area (TPSA) is 124 Å². The molecule has 0 radical (unpaired) electrons. The molecule has 0 aliphatic rings. The summed E-state index contributed by atoms with van der Waals surface area (Å²) in [6.45, 7) is 1.76. The van der Waals surface area contributed by atoms with E-state index in [9.17, 15) is 19.1 Å². The van der Waals surface area contributed by atoms with Crippen molar-refractivity contribution in [3.8, 4) is 0 Å². The molecule has 182 valence electrons. The number of nitrogens with zero attached hydrogens (tertiary/aromatic N) is 4. The molecule has 0 bridgehead atoms. The zero-order valence-electron chi connectivity index (χ0n) is 19.5. The number of nitro groups is 1. The van der Waals surface area contributed by atoms with Crippen molar-refractivity contribution >= 4 is 50.1 Å². The third-order valence-corrected chi connectivity index (χ3v) is 10.2. The molecule has 0 heterocycles. The van der Waals surface area contributed by atoms with Crippen LogP contribution >= 0.6 is 7.04 Å². The number of carbonyl (C=O) groups is 1. The Morgan fingerprint density at radius 3 is 1.89 bits per heavy atom. The van der Waals surface area contributed by atoms with Gasteiger partial charge in [-0.15, -0.1) is 5.11 Å². The van der Waals surface area contributed by atoms with Gasteiger partial charge in [0.1, 0.15) is 0 Å². The molecule has 0 unspecified atom stereocenters. The lowest BCUT2D eigenvalue weighted by molar-refractivity contribution is -0.384. The van der Waals surface area contributed by atoms with Crippen molar-refractivity contribution in [2.75, 3.05) is 19.1 Å². The number of nitro benzene ring substituents is 1. The van der Waals surface area contributed by atoms with Crippen LogP contribution in [0, 0.1) is 10.1 Å². The first-order valence-corrected chi connectivity index (χ1v) is 14.6. The van der Waals surface area contributed by atoms with Crippen molar-refractivity contribution in [1.82, 2.24) is 0 Å². The molecule has 0 saturated carbocycles. The fourth-order valence-corrected chi connectivity index (χ4v) is 9.21.